The van der Waals surface area contributed by atoms with Crippen molar-refractivity contribution >= 4 is 8.24 Å². The Morgan fingerprint density at radius 2 is 1.83 bits per heavy atom. The maximum absolute atomic E-state index is 3.73. The highest BCUT2D eigenvalue weighted by molar-refractivity contribution is 6.74. The van der Waals surface area contributed by atoms with Crippen LogP contribution in [0.1, 0.15) is 33.6 Å². The van der Waals surface area contributed by atoms with E-state index in [-0.39, 0.29) is 0 Å². The van der Waals surface area contributed by atoms with E-state index in [1.54, 1.807) is 0 Å². The van der Waals surface area contributed by atoms with Crippen LogP contribution in [0.15, 0.2) is 0 Å². The van der Waals surface area contributed by atoms with Crippen LogP contribution in [-0.4, -0.2) is 14.8 Å². The lowest BCUT2D eigenvalue weighted by atomic mass is 10.1. The molecule has 0 heterocycles. The van der Waals surface area contributed by atoms with Crippen molar-refractivity contribution in [1.29, 1.82) is 0 Å². The summed E-state index contributed by atoms with van der Waals surface area (Å²) in [6.45, 7) is 12.9. The average Bonchev–Trinajstić information content (AvgIpc) is 1.85. The molecule has 0 rings (SSSR count). The van der Waals surface area contributed by atoms with Gasteiger partial charge in [0.05, 0.1) is 0 Å². The van der Waals surface area contributed by atoms with Gasteiger partial charge in [-0.1, -0.05) is 40.3 Å². The van der Waals surface area contributed by atoms with Crippen molar-refractivity contribution < 1.29 is 0 Å². The Morgan fingerprint density at radius 1 is 1.25 bits per heavy atom. The fourth-order valence-corrected chi connectivity index (χ4v) is 3.66. The SMILES string of the molecule is CCC[Si](C)(C)NCCC(C)C. The summed E-state index contributed by atoms with van der Waals surface area (Å²) in [6, 6.07) is 1.41. The van der Waals surface area contributed by atoms with E-state index >= 15 is 0 Å². The third-order valence-corrected chi connectivity index (χ3v) is 5.16. The Labute approximate surface area is 79.0 Å². The molecule has 0 bridgehead atoms. The van der Waals surface area contributed by atoms with E-state index in [1.165, 1.54) is 25.4 Å². The van der Waals surface area contributed by atoms with Crippen LogP contribution in [-0.2, 0) is 0 Å². The van der Waals surface area contributed by atoms with Gasteiger partial charge in [0.25, 0.3) is 0 Å². The fraction of sp³-hybridized carbons (Fsp3) is 1.00. The highest BCUT2D eigenvalue weighted by atomic mass is 28.3. The Bertz CT molecular complexity index is 110. The van der Waals surface area contributed by atoms with Crippen LogP contribution < -0.4 is 4.98 Å². The molecule has 0 atom stereocenters. The maximum Gasteiger partial charge on any atom is 0.119 e. The van der Waals surface area contributed by atoms with Crippen LogP contribution in [0.2, 0.25) is 19.1 Å². The molecule has 2 heteroatoms. The van der Waals surface area contributed by atoms with Crippen LogP contribution >= 0.6 is 0 Å². The summed E-state index contributed by atoms with van der Waals surface area (Å²) in [5, 5.41) is 0. The Kier molecular flexibility index (Phi) is 5.84. The van der Waals surface area contributed by atoms with Crippen LogP contribution in [0.4, 0.5) is 0 Å². The summed E-state index contributed by atoms with van der Waals surface area (Å²) in [7, 11) is -1.02. The lowest BCUT2D eigenvalue weighted by molar-refractivity contribution is 0.577. The van der Waals surface area contributed by atoms with Gasteiger partial charge in [-0.15, -0.1) is 0 Å². The second-order valence-corrected chi connectivity index (χ2v) is 9.36. The number of nitrogens with one attached hydrogen (secondary N) is 1. The van der Waals surface area contributed by atoms with E-state index in [2.05, 4.69) is 38.8 Å². The Hall–Kier alpha value is 0.177. The van der Waals surface area contributed by atoms with Gasteiger partial charge in [0.1, 0.15) is 8.24 Å². The minimum Gasteiger partial charge on any atom is -0.337 e. The molecule has 0 aliphatic rings. The minimum atomic E-state index is -1.02. The van der Waals surface area contributed by atoms with Gasteiger partial charge in [-0.3, -0.25) is 0 Å². The molecule has 0 saturated heterocycles. The molecule has 0 aromatic rings. The lowest BCUT2D eigenvalue weighted by Crippen LogP contribution is -2.44. The van der Waals surface area contributed by atoms with Crippen molar-refractivity contribution in [3.63, 3.8) is 0 Å². The zero-order valence-electron chi connectivity index (χ0n) is 9.41. The van der Waals surface area contributed by atoms with E-state index in [4.69, 9.17) is 0 Å². The lowest BCUT2D eigenvalue weighted by Gasteiger charge is -2.23. The van der Waals surface area contributed by atoms with Gasteiger partial charge in [0, 0.05) is 0 Å². The smallest absolute Gasteiger partial charge is 0.119 e. The minimum absolute atomic E-state index is 0.837. The van der Waals surface area contributed by atoms with Gasteiger partial charge in [0.15, 0.2) is 0 Å². The van der Waals surface area contributed by atoms with Gasteiger partial charge in [-0.25, -0.2) is 0 Å². The predicted molar refractivity (Wildman–Crippen MR) is 60.0 cm³/mol. The molecule has 0 aliphatic heterocycles. The van der Waals surface area contributed by atoms with Crippen molar-refractivity contribution in [2.75, 3.05) is 6.54 Å². The normalized spacial score (nSPS) is 12.5. The summed E-state index contributed by atoms with van der Waals surface area (Å²) in [5.41, 5.74) is 0. The van der Waals surface area contributed by atoms with E-state index in [0.717, 1.165) is 5.92 Å². The molecule has 0 spiro atoms. The molecule has 1 nitrogen and oxygen atoms in total. The van der Waals surface area contributed by atoms with Gasteiger partial charge >= 0.3 is 0 Å². The van der Waals surface area contributed by atoms with Crippen LogP contribution in [0.3, 0.4) is 0 Å². The number of hydrogen-bond donors (Lipinski definition) is 1. The highest BCUT2D eigenvalue weighted by Crippen LogP contribution is 2.08. The molecule has 0 aromatic heterocycles. The van der Waals surface area contributed by atoms with Gasteiger partial charge in [-0.05, 0) is 24.9 Å². The summed E-state index contributed by atoms with van der Waals surface area (Å²) in [4.78, 5) is 3.73. The molecule has 0 amide bonds. The van der Waals surface area contributed by atoms with E-state index < -0.39 is 8.24 Å². The molecule has 0 saturated carbocycles. The fourth-order valence-electron chi connectivity index (χ4n) is 1.41. The maximum atomic E-state index is 3.73. The summed E-state index contributed by atoms with van der Waals surface area (Å²) >= 11 is 0. The second kappa shape index (κ2) is 5.76. The third-order valence-electron chi connectivity index (χ3n) is 2.20. The number of rotatable bonds is 6. The van der Waals surface area contributed by atoms with Gasteiger partial charge < -0.3 is 4.98 Å². The van der Waals surface area contributed by atoms with Crippen LogP contribution in [0, 0.1) is 5.92 Å². The molecule has 0 fully saturated rings. The van der Waals surface area contributed by atoms with E-state index in [1.807, 2.05) is 0 Å². The first-order valence-corrected chi connectivity index (χ1v) is 8.43. The molecule has 0 aromatic carbocycles. The highest BCUT2D eigenvalue weighted by Gasteiger charge is 2.17. The van der Waals surface area contributed by atoms with Crippen molar-refractivity contribution in [1.82, 2.24) is 4.98 Å². The number of hydrogen-bond acceptors (Lipinski definition) is 1. The van der Waals surface area contributed by atoms with E-state index in [9.17, 15) is 0 Å². The van der Waals surface area contributed by atoms with Crippen molar-refractivity contribution in [2.24, 2.45) is 5.92 Å². The van der Waals surface area contributed by atoms with Crippen molar-refractivity contribution in [3.8, 4) is 0 Å². The molecule has 12 heavy (non-hydrogen) atoms. The molecule has 0 aliphatic carbocycles. The van der Waals surface area contributed by atoms with Gasteiger partial charge in [0.2, 0.25) is 0 Å². The first kappa shape index (κ1) is 12.2. The standard InChI is InChI=1S/C10H25NSi/c1-6-9-12(4,5)11-8-7-10(2)3/h10-11H,6-9H2,1-5H3. The Morgan fingerprint density at radius 3 is 2.25 bits per heavy atom. The molecule has 0 radical (unpaired) electrons. The Balaban J connectivity index is 3.46. The summed E-state index contributed by atoms with van der Waals surface area (Å²) in [6.07, 6.45) is 2.65. The van der Waals surface area contributed by atoms with E-state index in [0.29, 0.717) is 0 Å². The van der Waals surface area contributed by atoms with Crippen LogP contribution in [0.5, 0.6) is 0 Å². The molecular formula is C10H25NSi. The average molecular weight is 187 g/mol. The molecular weight excluding hydrogens is 162 g/mol. The summed E-state index contributed by atoms with van der Waals surface area (Å²) in [5.74, 6) is 0.837. The first-order valence-electron chi connectivity index (χ1n) is 5.23. The monoisotopic (exact) mass is 187 g/mol. The first-order chi connectivity index (χ1) is 5.48. The third kappa shape index (κ3) is 6.86. The topological polar surface area (TPSA) is 12.0 Å². The zero-order valence-corrected chi connectivity index (χ0v) is 10.4. The quantitative estimate of drug-likeness (QED) is 0.630. The molecule has 74 valence electrons. The largest absolute Gasteiger partial charge is 0.337 e. The predicted octanol–water partition coefficient (Wildman–Crippen LogP) is 3.24. The molecule has 0 unspecified atom stereocenters. The van der Waals surface area contributed by atoms with Gasteiger partial charge in [-0.2, -0.15) is 0 Å². The van der Waals surface area contributed by atoms with Crippen LogP contribution in [0.25, 0.3) is 0 Å². The zero-order chi connectivity index (χ0) is 9.61. The van der Waals surface area contributed by atoms with Crippen molar-refractivity contribution in [3.05, 3.63) is 0 Å². The van der Waals surface area contributed by atoms with Crippen molar-refractivity contribution in [2.45, 2.75) is 52.8 Å². The molecule has 1 N–H and O–H groups in total. The second-order valence-electron chi connectivity index (χ2n) is 4.74. The summed E-state index contributed by atoms with van der Waals surface area (Å²) < 4.78 is 0.